The minimum Gasteiger partial charge on any atom is -0.466 e. The van der Waals surface area contributed by atoms with E-state index in [-0.39, 0.29) is 18.3 Å². The van der Waals surface area contributed by atoms with Crippen molar-refractivity contribution in [3.05, 3.63) is 86.3 Å². The van der Waals surface area contributed by atoms with Crippen LogP contribution in [-0.2, 0) is 16.0 Å². The van der Waals surface area contributed by atoms with Gasteiger partial charge >= 0.3 is 5.97 Å². The van der Waals surface area contributed by atoms with E-state index in [4.69, 9.17) is 32.7 Å². The summed E-state index contributed by atoms with van der Waals surface area (Å²) in [6.07, 6.45) is 0.194. The molecule has 1 N–H and O–H groups in total. The summed E-state index contributed by atoms with van der Waals surface area (Å²) >= 11 is 15.3. The molecule has 5 nitrogen and oxygen atoms in total. The van der Waals surface area contributed by atoms with E-state index < -0.39 is 0 Å². The number of benzene rings is 3. The van der Waals surface area contributed by atoms with Crippen molar-refractivity contribution in [3.8, 4) is 11.5 Å². The maximum Gasteiger partial charge on any atom is 0.310 e. The van der Waals surface area contributed by atoms with Gasteiger partial charge in [0.25, 0.3) is 5.91 Å². The summed E-state index contributed by atoms with van der Waals surface area (Å²) in [5, 5.41) is 3.50. The zero-order chi connectivity index (χ0) is 22.4. The Morgan fingerprint density at radius 3 is 2.35 bits per heavy atom. The SMILES string of the molecule is CCOC(=O)Cc1ccc(Oc2ccc(NC(=O)c3ccc(Cl)c(Cl)c3)cc2)c(Br)c1. The van der Waals surface area contributed by atoms with E-state index in [1.165, 1.54) is 6.07 Å². The molecular formula is C23H18BrCl2NO4. The van der Waals surface area contributed by atoms with Crippen molar-refractivity contribution >= 4 is 56.7 Å². The largest absolute Gasteiger partial charge is 0.466 e. The summed E-state index contributed by atoms with van der Waals surface area (Å²) in [7, 11) is 0. The number of hydrogen-bond acceptors (Lipinski definition) is 4. The predicted molar refractivity (Wildman–Crippen MR) is 125 cm³/mol. The van der Waals surface area contributed by atoms with Crippen molar-refractivity contribution in [2.45, 2.75) is 13.3 Å². The third-order valence-electron chi connectivity index (χ3n) is 4.17. The molecule has 3 rings (SSSR count). The molecule has 0 saturated carbocycles. The number of hydrogen-bond donors (Lipinski definition) is 1. The van der Waals surface area contributed by atoms with Gasteiger partial charge in [-0.15, -0.1) is 0 Å². The number of carbonyl (C=O) groups excluding carboxylic acids is 2. The number of esters is 1. The summed E-state index contributed by atoms with van der Waals surface area (Å²) in [4.78, 5) is 24.0. The molecule has 0 aliphatic rings. The second-order valence-corrected chi connectivity index (χ2v) is 8.12. The van der Waals surface area contributed by atoms with Gasteiger partial charge in [-0.1, -0.05) is 29.3 Å². The number of anilines is 1. The van der Waals surface area contributed by atoms with Crippen molar-refractivity contribution in [1.82, 2.24) is 0 Å². The van der Waals surface area contributed by atoms with Crippen LogP contribution < -0.4 is 10.1 Å². The molecule has 0 atom stereocenters. The molecule has 160 valence electrons. The molecule has 0 spiro atoms. The number of ether oxygens (including phenoxy) is 2. The van der Waals surface area contributed by atoms with E-state index in [9.17, 15) is 9.59 Å². The van der Waals surface area contributed by atoms with Crippen LogP contribution in [0.3, 0.4) is 0 Å². The van der Waals surface area contributed by atoms with Crippen LogP contribution in [0.4, 0.5) is 5.69 Å². The second kappa shape index (κ2) is 10.7. The maximum atomic E-state index is 12.4. The van der Waals surface area contributed by atoms with E-state index in [1.54, 1.807) is 49.4 Å². The average Bonchev–Trinajstić information content (AvgIpc) is 2.73. The van der Waals surface area contributed by atoms with Crippen LogP contribution in [0.5, 0.6) is 11.5 Å². The van der Waals surface area contributed by atoms with Crippen molar-refractivity contribution in [2.75, 3.05) is 11.9 Å². The fourth-order valence-electron chi connectivity index (χ4n) is 2.69. The molecule has 0 bridgehead atoms. The van der Waals surface area contributed by atoms with Gasteiger partial charge in [0.15, 0.2) is 0 Å². The third-order valence-corrected chi connectivity index (χ3v) is 5.53. The van der Waals surface area contributed by atoms with Crippen LogP contribution >= 0.6 is 39.1 Å². The summed E-state index contributed by atoms with van der Waals surface area (Å²) in [5.74, 6) is 0.611. The van der Waals surface area contributed by atoms with Crippen molar-refractivity contribution < 1.29 is 19.1 Å². The lowest BCUT2D eigenvalue weighted by Crippen LogP contribution is -2.11. The highest BCUT2D eigenvalue weighted by atomic mass is 79.9. The molecule has 31 heavy (non-hydrogen) atoms. The molecule has 0 heterocycles. The Balaban J connectivity index is 1.63. The molecule has 0 aliphatic carbocycles. The van der Waals surface area contributed by atoms with Gasteiger partial charge in [-0.3, -0.25) is 9.59 Å². The minimum absolute atomic E-state index is 0.194. The van der Waals surface area contributed by atoms with Crippen LogP contribution in [0.2, 0.25) is 10.0 Å². The van der Waals surface area contributed by atoms with Crippen LogP contribution in [0, 0.1) is 0 Å². The molecule has 8 heteroatoms. The monoisotopic (exact) mass is 521 g/mol. The Morgan fingerprint density at radius 2 is 1.71 bits per heavy atom. The van der Waals surface area contributed by atoms with Crippen LogP contribution in [-0.4, -0.2) is 18.5 Å². The van der Waals surface area contributed by atoms with Gasteiger partial charge in [0.2, 0.25) is 0 Å². The second-order valence-electron chi connectivity index (χ2n) is 6.46. The van der Waals surface area contributed by atoms with E-state index in [1.807, 2.05) is 12.1 Å². The van der Waals surface area contributed by atoms with Crippen LogP contribution in [0.1, 0.15) is 22.8 Å². The zero-order valence-electron chi connectivity index (χ0n) is 16.5. The molecule has 0 saturated heterocycles. The fraction of sp³-hybridized carbons (Fsp3) is 0.130. The number of halogens is 3. The van der Waals surface area contributed by atoms with Gasteiger partial charge in [-0.2, -0.15) is 0 Å². The molecule has 1 amide bonds. The number of carbonyl (C=O) groups is 2. The van der Waals surface area contributed by atoms with Gasteiger partial charge in [0, 0.05) is 11.3 Å². The standard InChI is InChI=1S/C23H18BrCl2NO4/c1-2-30-22(28)12-14-3-10-21(18(24)11-14)31-17-7-5-16(6-8-17)27-23(29)15-4-9-19(25)20(26)13-15/h3-11,13H,2,12H2,1H3,(H,27,29). The Kier molecular flexibility index (Phi) is 7.96. The van der Waals surface area contributed by atoms with Crippen LogP contribution in [0.15, 0.2) is 65.1 Å². The Morgan fingerprint density at radius 1 is 0.968 bits per heavy atom. The van der Waals surface area contributed by atoms with Gasteiger partial charge in [-0.25, -0.2) is 0 Å². The first kappa shape index (κ1) is 23.1. The lowest BCUT2D eigenvalue weighted by Gasteiger charge is -2.11. The molecule has 0 aromatic heterocycles. The summed E-state index contributed by atoms with van der Waals surface area (Å²) in [5.41, 5.74) is 1.83. The lowest BCUT2D eigenvalue weighted by atomic mass is 10.1. The van der Waals surface area contributed by atoms with Gasteiger partial charge < -0.3 is 14.8 Å². The first-order valence-electron chi connectivity index (χ1n) is 9.34. The van der Waals surface area contributed by atoms with Crippen molar-refractivity contribution in [2.24, 2.45) is 0 Å². The van der Waals surface area contributed by atoms with Crippen molar-refractivity contribution in [3.63, 3.8) is 0 Å². The first-order valence-corrected chi connectivity index (χ1v) is 10.9. The molecular weight excluding hydrogens is 505 g/mol. The zero-order valence-corrected chi connectivity index (χ0v) is 19.6. The minimum atomic E-state index is -0.299. The van der Waals surface area contributed by atoms with Crippen LogP contribution in [0.25, 0.3) is 0 Å². The van der Waals surface area contributed by atoms with E-state index in [0.717, 1.165) is 5.56 Å². The quantitative estimate of drug-likeness (QED) is 0.342. The predicted octanol–water partition coefficient (Wildman–Crippen LogP) is 6.91. The molecule has 0 aliphatic heterocycles. The molecule has 0 fully saturated rings. The number of rotatable bonds is 7. The first-order chi connectivity index (χ1) is 14.9. The van der Waals surface area contributed by atoms with Gasteiger partial charge in [-0.05, 0) is 83.0 Å². The van der Waals surface area contributed by atoms with E-state index in [2.05, 4.69) is 21.2 Å². The Hall–Kier alpha value is -2.54. The topological polar surface area (TPSA) is 64.6 Å². The Labute approximate surface area is 198 Å². The lowest BCUT2D eigenvalue weighted by molar-refractivity contribution is -0.142. The highest BCUT2D eigenvalue weighted by molar-refractivity contribution is 9.10. The third kappa shape index (κ3) is 6.47. The molecule has 3 aromatic carbocycles. The Bertz CT molecular complexity index is 1100. The summed E-state index contributed by atoms with van der Waals surface area (Å²) < 4.78 is 11.6. The van der Waals surface area contributed by atoms with E-state index in [0.29, 0.717) is 43.9 Å². The molecule has 3 aromatic rings. The van der Waals surface area contributed by atoms with Gasteiger partial charge in [0.1, 0.15) is 11.5 Å². The summed E-state index contributed by atoms with van der Waals surface area (Å²) in [6, 6.07) is 17.0. The maximum absolute atomic E-state index is 12.4. The normalized spacial score (nSPS) is 10.5. The van der Waals surface area contributed by atoms with Gasteiger partial charge in [0.05, 0.1) is 27.5 Å². The van der Waals surface area contributed by atoms with Crippen molar-refractivity contribution in [1.29, 1.82) is 0 Å². The molecule has 0 radical (unpaired) electrons. The highest BCUT2D eigenvalue weighted by Gasteiger charge is 2.10. The number of nitrogens with one attached hydrogen (secondary N) is 1. The summed E-state index contributed by atoms with van der Waals surface area (Å²) in [6.45, 7) is 2.12. The number of amides is 1. The fourth-order valence-corrected chi connectivity index (χ4v) is 3.49. The highest BCUT2D eigenvalue weighted by Crippen LogP contribution is 2.31. The molecule has 0 unspecified atom stereocenters. The average molecular weight is 523 g/mol. The van der Waals surface area contributed by atoms with E-state index >= 15 is 0 Å². The smallest absolute Gasteiger partial charge is 0.310 e.